The van der Waals surface area contributed by atoms with Gasteiger partial charge in [0.2, 0.25) is 5.91 Å². The van der Waals surface area contributed by atoms with Crippen molar-refractivity contribution in [3.05, 3.63) is 60.3 Å². The summed E-state index contributed by atoms with van der Waals surface area (Å²) in [6.07, 6.45) is 6.80. The number of nitrogens with two attached hydrogens (primary N) is 1. The molecule has 9 heteroatoms. The van der Waals surface area contributed by atoms with Crippen molar-refractivity contribution in [2.45, 2.75) is 38.1 Å². The number of hydrogen-bond donors (Lipinski definition) is 3. The van der Waals surface area contributed by atoms with Gasteiger partial charge in [0, 0.05) is 49.5 Å². The van der Waals surface area contributed by atoms with Gasteiger partial charge in [-0.15, -0.1) is 0 Å². The van der Waals surface area contributed by atoms with Gasteiger partial charge >= 0.3 is 6.09 Å². The number of benzene rings is 1. The minimum absolute atomic E-state index is 0.364. The number of carbonyl (C=O) groups is 2. The molecule has 2 fully saturated rings. The van der Waals surface area contributed by atoms with Crippen molar-refractivity contribution in [2.75, 3.05) is 36.4 Å². The summed E-state index contributed by atoms with van der Waals surface area (Å²) in [4.78, 5) is 37.1. The van der Waals surface area contributed by atoms with Crippen LogP contribution in [0.25, 0.3) is 22.4 Å². The number of nitrogens with zero attached hydrogens (tertiary/aromatic N) is 4. The minimum Gasteiger partial charge on any atom is -0.465 e. The van der Waals surface area contributed by atoms with Crippen molar-refractivity contribution in [3.8, 4) is 22.4 Å². The Bertz CT molecular complexity index is 1270. The Morgan fingerprint density at radius 3 is 2.35 bits per heavy atom. The maximum absolute atomic E-state index is 12.7. The van der Waals surface area contributed by atoms with E-state index >= 15 is 0 Å². The van der Waals surface area contributed by atoms with Crippen LogP contribution >= 0.6 is 0 Å². The number of primary amides is 1. The third-order valence-corrected chi connectivity index (χ3v) is 7.20. The van der Waals surface area contributed by atoms with Gasteiger partial charge < -0.3 is 26.0 Å². The molecule has 192 valence electrons. The van der Waals surface area contributed by atoms with Crippen LogP contribution in [0.2, 0.25) is 0 Å². The van der Waals surface area contributed by atoms with Crippen LogP contribution < -0.4 is 16.0 Å². The van der Waals surface area contributed by atoms with E-state index in [-0.39, 0.29) is 0 Å². The van der Waals surface area contributed by atoms with Crippen LogP contribution in [-0.4, -0.2) is 64.2 Å². The molecule has 1 aromatic carbocycles. The molecule has 5 rings (SSSR count). The van der Waals surface area contributed by atoms with E-state index in [1.54, 1.807) is 12.3 Å². The number of aromatic nitrogens is 2. The van der Waals surface area contributed by atoms with Gasteiger partial charge in [-0.1, -0.05) is 49.6 Å². The van der Waals surface area contributed by atoms with Crippen molar-refractivity contribution in [1.82, 2.24) is 14.9 Å². The standard InChI is InChI=1S/C28H32N6O3/c29-27(35)22-18-24(33-13-15-34(16-14-33)28(36)37)32-26(25(22)19-7-3-1-4-8-19)20-11-12-30-23(17-20)31-21-9-5-2-6-10-21/h1,3-4,7-8,11-12,17-18,21H,2,5-6,9-10,13-16H2,(H2,29,35)(H,30,31)(H,36,37). The smallest absolute Gasteiger partial charge is 0.407 e. The van der Waals surface area contributed by atoms with Crippen LogP contribution in [-0.2, 0) is 0 Å². The van der Waals surface area contributed by atoms with Crippen LogP contribution in [0, 0.1) is 0 Å². The molecule has 1 saturated heterocycles. The van der Waals surface area contributed by atoms with Gasteiger partial charge in [-0.25, -0.2) is 14.8 Å². The van der Waals surface area contributed by atoms with Crippen LogP contribution in [0.4, 0.5) is 16.4 Å². The molecule has 3 aromatic rings. The van der Waals surface area contributed by atoms with Crippen LogP contribution in [0.5, 0.6) is 0 Å². The number of rotatable bonds is 6. The Morgan fingerprint density at radius 1 is 0.946 bits per heavy atom. The zero-order valence-electron chi connectivity index (χ0n) is 20.8. The van der Waals surface area contributed by atoms with Gasteiger partial charge in [0.05, 0.1) is 11.3 Å². The molecule has 1 aliphatic heterocycles. The Labute approximate surface area is 216 Å². The molecule has 3 heterocycles. The molecule has 4 N–H and O–H groups in total. The molecule has 1 saturated carbocycles. The Balaban J connectivity index is 1.58. The highest BCUT2D eigenvalue weighted by Gasteiger charge is 2.25. The van der Waals surface area contributed by atoms with E-state index < -0.39 is 12.0 Å². The number of carboxylic acid groups (broad SMARTS) is 1. The molecule has 2 aromatic heterocycles. The second-order valence-corrected chi connectivity index (χ2v) is 9.65. The molecule has 1 aliphatic carbocycles. The molecule has 0 unspecified atom stereocenters. The Hall–Kier alpha value is -4.14. The maximum Gasteiger partial charge on any atom is 0.407 e. The van der Waals surface area contributed by atoms with Crippen LogP contribution in [0.3, 0.4) is 0 Å². The van der Waals surface area contributed by atoms with Gasteiger partial charge in [-0.3, -0.25) is 4.79 Å². The summed E-state index contributed by atoms with van der Waals surface area (Å²) in [7, 11) is 0. The average Bonchev–Trinajstić information content (AvgIpc) is 2.93. The molecular weight excluding hydrogens is 468 g/mol. The lowest BCUT2D eigenvalue weighted by Gasteiger charge is -2.34. The maximum atomic E-state index is 12.7. The third kappa shape index (κ3) is 5.50. The number of piperazine rings is 1. The topological polar surface area (TPSA) is 125 Å². The van der Waals surface area contributed by atoms with Crippen molar-refractivity contribution >= 4 is 23.6 Å². The second kappa shape index (κ2) is 10.9. The first-order valence-electron chi connectivity index (χ1n) is 12.9. The summed E-state index contributed by atoms with van der Waals surface area (Å²) in [6.45, 7) is 1.69. The van der Waals surface area contributed by atoms with Crippen molar-refractivity contribution in [3.63, 3.8) is 0 Å². The number of pyridine rings is 2. The number of amides is 2. The molecule has 37 heavy (non-hydrogen) atoms. The SMILES string of the molecule is NC(=O)c1cc(N2CCN(C(=O)O)CC2)nc(-c2ccnc(NC3CCCCC3)c2)c1-c1ccccc1. The fourth-order valence-electron chi connectivity index (χ4n) is 5.23. The quantitative estimate of drug-likeness (QED) is 0.456. The first kappa shape index (κ1) is 24.5. The summed E-state index contributed by atoms with van der Waals surface area (Å²) in [5, 5.41) is 12.9. The summed E-state index contributed by atoms with van der Waals surface area (Å²) < 4.78 is 0. The molecule has 2 amide bonds. The summed E-state index contributed by atoms with van der Waals surface area (Å²) in [5.74, 6) is 0.848. The van der Waals surface area contributed by atoms with Gasteiger partial charge in [-0.2, -0.15) is 0 Å². The molecule has 2 aliphatic rings. The zero-order chi connectivity index (χ0) is 25.8. The van der Waals surface area contributed by atoms with Gasteiger partial charge in [0.25, 0.3) is 0 Å². The number of carbonyl (C=O) groups excluding carboxylic acids is 1. The monoisotopic (exact) mass is 500 g/mol. The first-order chi connectivity index (χ1) is 18.0. The fraction of sp³-hybridized carbons (Fsp3) is 0.357. The highest BCUT2D eigenvalue weighted by Crippen LogP contribution is 2.37. The number of anilines is 2. The summed E-state index contributed by atoms with van der Waals surface area (Å²) >= 11 is 0. The average molecular weight is 501 g/mol. The molecule has 0 spiro atoms. The Morgan fingerprint density at radius 2 is 1.68 bits per heavy atom. The molecule has 0 radical (unpaired) electrons. The van der Waals surface area contributed by atoms with E-state index in [4.69, 9.17) is 10.7 Å². The van der Waals surface area contributed by atoms with Gasteiger partial charge in [0.15, 0.2) is 0 Å². The third-order valence-electron chi connectivity index (χ3n) is 7.20. The van der Waals surface area contributed by atoms with Crippen LogP contribution in [0.1, 0.15) is 42.5 Å². The van der Waals surface area contributed by atoms with E-state index in [2.05, 4.69) is 10.3 Å². The van der Waals surface area contributed by atoms with Crippen molar-refractivity contribution in [2.24, 2.45) is 5.73 Å². The first-order valence-corrected chi connectivity index (χ1v) is 12.9. The molecule has 0 bridgehead atoms. The minimum atomic E-state index is -0.930. The summed E-state index contributed by atoms with van der Waals surface area (Å²) in [5.41, 5.74) is 9.30. The van der Waals surface area contributed by atoms with Gasteiger partial charge in [-0.05, 0) is 36.6 Å². The second-order valence-electron chi connectivity index (χ2n) is 9.65. The van der Waals surface area contributed by atoms with Crippen molar-refractivity contribution < 1.29 is 14.7 Å². The largest absolute Gasteiger partial charge is 0.465 e. The highest BCUT2D eigenvalue weighted by molar-refractivity contribution is 6.04. The highest BCUT2D eigenvalue weighted by atomic mass is 16.4. The lowest BCUT2D eigenvalue weighted by Crippen LogP contribution is -2.48. The van der Waals surface area contributed by atoms with E-state index in [1.807, 2.05) is 47.4 Å². The lowest BCUT2D eigenvalue weighted by atomic mass is 9.94. The Kier molecular flexibility index (Phi) is 7.20. The van der Waals surface area contributed by atoms with Gasteiger partial charge in [0.1, 0.15) is 11.6 Å². The lowest BCUT2D eigenvalue weighted by molar-refractivity contribution is 0.100. The fourth-order valence-corrected chi connectivity index (χ4v) is 5.23. The molecule has 9 nitrogen and oxygen atoms in total. The van der Waals surface area contributed by atoms with E-state index in [9.17, 15) is 14.7 Å². The van der Waals surface area contributed by atoms with Crippen molar-refractivity contribution in [1.29, 1.82) is 0 Å². The predicted octanol–water partition coefficient (Wildman–Crippen LogP) is 4.45. The zero-order valence-corrected chi connectivity index (χ0v) is 20.8. The molecule has 0 atom stereocenters. The predicted molar refractivity (Wildman–Crippen MR) is 144 cm³/mol. The van der Waals surface area contributed by atoms with E-state index in [0.29, 0.717) is 54.9 Å². The number of hydrogen-bond acceptors (Lipinski definition) is 6. The van der Waals surface area contributed by atoms with E-state index in [0.717, 1.165) is 29.8 Å². The number of nitrogens with one attached hydrogen (secondary N) is 1. The van der Waals surface area contributed by atoms with E-state index in [1.165, 1.54) is 24.2 Å². The molecular formula is C28H32N6O3. The normalized spacial score (nSPS) is 16.4. The summed E-state index contributed by atoms with van der Waals surface area (Å²) in [6, 6.07) is 15.7. The van der Waals surface area contributed by atoms with Crippen LogP contribution in [0.15, 0.2) is 54.7 Å².